The maximum atomic E-state index is 12.0. The Hall–Kier alpha value is -1.72. The number of nitrogens with zero attached hydrogens (tertiary/aromatic N) is 1. The highest BCUT2D eigenvalue weighted by Crippen LogP contribution is 2.49. The predicted octanol–water partition coefficient (Wildman–Crippen LogP) is 2.55. The average molecular weight is 340 g/mol. The van der Waals surface area contributed by atoms with Gasteiger partial charge >= 0.3 is 5.69 Å². The van der Waals surface area contributed by atoms with E-state index in [2.05, 4.69) is 10.3 Å². The number of carbonyl (C=O) groups excluding carboxylic acids is 1. The number of aromatic nitrogens is 2. The molecule has 1 amide bonds. The summed E-state index contributed by atoms with van der Waals surface area (Å²) in [4.78, 5) is 25.8. The van der Waals surface area contributed by atoms with Gasteiger partial charge in [-0.15, -0.1) is 0 Å². The molecular weight excluding hydrogens is 325 g/mol. The fourth-order valence-electron chi connectivity index (χ4n) is 2.62. The molecule has 7 heteroatoms. The molecule has 0 spiro atoms. The molecule has 0 saturated heterocycles. The Bertz CT molecular complexity index is 781. The molecule has 0 bridgehead atoms. The van der Waals surface area contributed by atoms with E-state index in [0.717, 1.165) is 12.0 Å². The zero-order valence-electron chi connectivity index (χ0n) is 11.9. The molecule has 0 aliphatic heterocycles. The maximum absolute atomic E-state index is 12.0. The summed E-state index contributed by atoms with van der Waals surface area (Å²) in [5.41, 5.74) is 1.09. The summed E-state index contributed by atoms with van der Waals surface area (Å²) >= 11 is 12.1. The first-order chi connectivity index (χ1) is 10.5. The van der Waals surface area contributed by atoms with E-state index in [0.29, 0.717) is 34.1 Å². The van der Waals surface area contributed by atoms with Gasteiger partial charge in [0, 0.05) is 29.8 Å². The largest absolute Gasteiger partial charge is 0.350 e. The van der Waals surface area contributed by atoms with Crippen LogP contribution >= 0.6 is 23.2 Å². The third-order valence-electron chi connectivity index (χ3n) is 4.04. The van der Waals surface area contributed by atoms with Gasteiger partial charge in [0.1, 0.15) is 5.69 Å². The number of halogens is 2. The third-order valence-corrected chi connectivity index (χ3v) is 4.60. The molecule has 2 aromatic rings. The number of imidazole rings is 1. The Kier molecular flexibility index (Phi) is 4.02. The van der Waals surface area contributed by atoms with Crippen LogP contribution in [0.4, 0.5) is 0 Å². The molecule has 2 atom stereocenters. The molecule has 1 aromatic heterocycles. The quantitative estimate of drug-likeness (QED) is 0.898. The van der Waals surface area contributed by atoms with Crippen molar-refractivity contribution in [3.63, 3.8) is 0 Å². The SMILES string of the molecule is Cn1c(C(=O)NC[C@@H]2C[C@H]2c2ccc(Cl)cc2Cl)c[nH]c1=O. The lowest BCUT2D eigenvalue weighted by molar-refractivity contribution is 0.0943. The predicted molar refractivity (Wildman–Crippen MR) is 85.7 cm³/mol. The number of H-pyrrole nitrogens is 1. The van der Waals surface area contributed by atoms with E-state index in [9.17, 15) is 9.59 Å². The van der Waals surface area contributed by atoms with Gasteiger partial charge in [-0.3, -0.25) is 9.36 Å². The first-order valence-electron chi connectivity index (χ1n) is 6.95. The van der Waals surface area contributed by atoms with Crippen molar-refractivity contribution in [3.05, 3.63) is 56.2 Å². The van der Waals surface area contributed by atoms with Gasteiger partial charge in [0.2, 0.25) is 0 Å². The summed E-state index contributed by atoms with van der Waals surface area (Å²) in [6.45, 7) is 0.557. The minimum atomic E-state index is -0.303. The van der Waals surface area contributed by atoms with Gasteiger partial charge in [-0.05, 0) is 36.0 Å². The molecule has 1 fully saturated rings. The fourth-order valence-corrected chi connectivity index (χ4v) is 3.17. The second kappa shape index (κ2) is 5.82. The molecule has 0 unspecified atom stereocenters. The summed E-state index contributed by atoms with van der Waals surface area (Å²) in [5, 5.41) is 4.14. The Morgan fingerprint density at radius 2 is 2.23 bits per heavy atom. The number of aromatic amines is 1. The monoisotopic (exact) mass is 339 g/mol. The number of hydrogen-bond acceptors (Lipinski definition) is 2. The van der Waals surface area contributed by atoms with Gasteiger partial charge in [-0.25, -0.2) is 4.79 Å². The van der Waals surface area contributed by atoms with Crippen LogP contribution in [0.3, 0.4) is 0 Å². The van der Waals surface area contributed by atoms with Crippen molar-refractivity contribution < 1.29 is 4.79 Å². The number of rotatable bonds is 4. The van der Waals surface area contributed by atoms with E-state index in [4.69, 9.17) is 23.2 Å². The Morgan fingerprint density at radius 1 is 1.45 bits per heavy atom. The molecule has 2 N–H and O–H groups in total. The second-order valence-electron chi connectivity index (χ2n) is 5.52. The summed E-state index contributed by atoms with van der Waals surface area (Å²) in [6, 6.07) is 5.50. The van der Waals surface area contributed by atoms with E-state index in [1.807, 2.05) is 12.1 Å². The summed E-state index contributed by atoms with van der Waals surface area (Å²) in [7, 11) is 1.56. The molecule has 5 nitrogen and oxygen atoms in total. The Labute approximate surface area is 137 Å². The molecule has 1 aromatic carbocycles. The molecule has 116 valence electrons. The minimum absolute atomic E-state index is 0.256. The number of amides is 1. The van der Waals surface area contributed by atoms with Crippen LogP contribution in [-0.4, -0.2) is 22.0 Å². The fraction of sp³-hybridized carbons (Fsp3) is 0.333. The van der Waals surface area contributed by atoms with Gasteiger partial charge in [0.05, 0.1) is 0 Å². The third kappa shape index (κ3) is 2.91. The minimum Gasteiger partial charge on any atom is -0.350 e. The standard InChI is InChI=1S/C15H15Cl2N3O2/c1-20-13(7-19-15(20)22)14(21)18-6-8-4-11(8)10-3-2-9(16)5-12(10)17/h2-3,5,7-8,11H,4,6H2,1H3,(H,18,21)(H,19,22)/t8-,11+/m0/s1. The highest BCUT2D eigenvalue weighted by molar-refractivity contribution is 6.35. The topological polar surface area (TPSA) is 66.9 Å². The van der Waals surface area contributed by atoms with Crippen molar-refractivity contribution in [2.24, 2.45) is 13.0 Å². The van der Waals surface area contributed by atoms with Crippen LogP contribution in [0, 0.1) is 5.92 Å². The van der Waals surface area contributed by atoms with E-state index in [-0.39, 0.29) is 11.6 Å². The van der Waals surface area contributed by atoms with E-state index < -0.39 is 0 Å². The average Bonchev–Trinajstić information content (AvgIpc) is 3.16. The lowest BCUT2D eigenvalue weighted by atomic mass is 10.1. The van der Waals surface area contributed by atoms with Gasteiger partial charge in [0.25, 0.3) is 5.91 Å². The van der Waals surface area contributed by atoms with Crippen LogP contribution in [-0.2, 0) is 7.05 Å². The van der Waals surface area contributed by atoms with Gasteiger partial charge in [0.15, 0.2) is 0 Å². The van der Waals surface area contributed by atoms with Crippen LogP contribution < -0.4 is 11.0 Å². The van der Waals surface area contributed by atoms with Crippen molar-refractivity contribution in [2.75, 3.05) is 6.54 Å². The molecular formula is C15H15Cl2N3O2. The van der Waals surface area contributed by atoms with Crippen LogP contribution in [0.25, 0.3) is 0 Å². The summed E-state index contributed by atoms with van der Waals surface area (Å²) < 4.78 is 1.29. The Morgan fingerprint density at radius 3 is 2.86 bits per heavy atom. The summed E-state index contributed by atoms with van der Waals surface area (Å²) in [6.07, 6.45) is 2.39. The van der Waals surface area contributed by atoms with Gasteiger partial charge in [-0.1, -0.05) is 29.3 Å². The zero-order valence-corrected chi connectivity index (χ0v) is 13.4. The maximum Gasteiger partial charge on any atom is 0.325 e. The van der Waals surface area contributed by atoms with Gasteiger partial charge < -0.3 is 10.3 Å². The van der Waals surface area contributed by atoms with Crippen molar-refractivity contribution in [3.8, 4) is 0 Å². The van der Waals surface area contributed by atoms with Crippen LogP contribution in [0.1, 0.15) is 28.4 Å². The van der Waals surface area contributed by atoms with Crippen LogP contribution in [0.2, 0.25) is 10.0 Å². The van der Waals surface area contributed by atoms with Crippen molar-refractivity contribution in [2.45, 2.75) is 12.3 Å². The lowest BCUT2D eigenvalue weighted by Crippen LogP contribution is -2.29. The van der Waals surface area contributed by atoms with Crippen molar-refractivity contribution >= 4 is 29.1 Å². The number of nitrogens with one attached hydrogen (secondary N) is 2. The van der Waals surface area contributed by atoms with Crippen molar-refractivity contribution in [1.82, 2.24) is 14.9 Å². The molecule has 1 heterocycles. The smallest absolute Gasteiger partial charge is 0.325 e. The normalized spacial score (nSPS) is 20.0. The van der Waals surface area contributed by atoms with E-state index in [1.165, 1.54) is 10.8 Å². The zero-order chi connectivity index (χ0) is 15.9. The van der Waals surface area contributed by atoms with E-state index >= 15 is 0 Å². The molecule has 0 radical (unpaired) electrons. The molecule has 1 aliphatic carbocycles. The molecule has 22 heavy (non-hydrogen) atoms. The van der Waals surface area contributed by atoms with Gasteiger partial charge in [-0.2, -0.15) is 0 Å². The van der Waals surface area contributed by atoms with Crippen LogP contribution in [0.15, 0.2) is 29.2 Å². The number of carbonyl (C=O) groups is 1. The lowest BCUT2D eigenvalue weighted by Gasteiger charge is -2.06. The van der Waals surface area contributed by atoms with Crippen molar-refractivity contribution in [1.29, 1.82) is 0 Å². The summed E-state index contributed by atoms with van der Waals surface area (Å²) in [5.74, 6) is 0.451. The highest BCUT2D eigenvalue weighted by Gasteiger charge is 2.39. The van der Waals surface area contributed by atoms with Crippen LogP contribution in [0.5, 0.6) is 0 Å². The highest BCUT2D eigenvalue weighted by atomic mass is 35.5. The molecule has 3 rings (SSSR count). The molecule has 1 aliphatic rings. The number of benzene rings is 1. The van der Waals surface area contributed by atoms with E-state index in [1.54, 1.807) is 13.1 Å². The first kappa shape index (κ1) is 15.2. The molecule has 1 saturated carbocycles. The first-order valence-corrected chi connectivity index (χ1v) is 7.70. The number of hydrogen-bond donors (Lipinski definition) is 2. The Balaban J connectivity index is 1.59. The second-order valence-corrected chi connectivity index (χ2v) is 6.36.